The molecule has 3 aromatic heterocycles. The summed E-state index contributed by atoms with van der Waals surface area (Å²) >= 11 is 0. The topological polar surface area (TPSA) is 102 Å². The van der Waals surface area contributed by atoms with Gasteiger partial charge in [0.1, 0.15) is 11.4 Å². The first-order chi connectivity index (χ1) is 17.1. The maximum atomic E-state index is 13.2. The maximum Gasteiger partial charge on any atom is 0.490 e. The van der Waals surface area contributed by atoms with Crippen LogP contribution in [0.1, 0.15) is 21.6 Å². The van der Waals surface area contributed by atoms with Crippen LogP contribution >= 0.6 is 0 Å². The summed E-state index contributed by atoms with van der Waals surface area (Å²) in [6.07, 6.45) is 1.38. The Morgan fingerprint density at radius 2 is 1.94 bits per heavy atom. The number of pyridine rings is 1. The summed E-state index contributed by atoms with van der Waals surface area (Å²) in [7, 11) is 3.51. The average Bonchev–Trinajstić information content (AvgIpc) is 3.54. The van der Waals surface area contributed by atoms with Crippen LogP contribution in [0.3, 0.4) is 0 Å². The molecule has 4 aromatic rings. The number of carboxylic acid groups (broad SMARTS) is 1. The second-order valence-corrected chi connectivity index (χ2v) is 7.99. The third kappa shape index (κ3) is 4.88. The minimum atomic E-state index is -5.08. The lowest BCUT2D eigenvalue weighted by Gasteiger charge is -2.14. The Morgan fingerprint density at radius 3 is 2.56 bits per heavy atom. The van der Waals surface area contributed by atoms with Gasteiger partial charge in [-0.1, -0.05) is 6.07 Å². The lowest BCUT2D eigenvalue weighted by molar-refractivity contribution is -0.192. The zero-order chi connectivity index (χ0) is 26.0. The molecule has 0 atom stereocenters. The molecule has 0 unspecified atom stereocenters. The van der Waals surface area contributed by atoms with Gasteiger partial charge < -0.3 is 19.1 Å². The van der Waals surface area contributed by atoms with Crippen molar-refractivity contribution < 1.29 is 32.6 Å². The highest BCUT2D eigenvalue weighted by Gasteiger charge is 2.38. The fraction of sp³-hybridized carbons (Fsp3) is 0.250. The van der Waals surface area contributed by atoms with E-state index < -0.39 is 12.1 Å². The van der Waals surface area contributed by atoms with E-state index in [0.717, 1.165) is 28.2 Å². The summed E-state index contributed by atoms with van der Waals surface area (Å²) in [5.74, 6) is -2.14. The Balaban J connectivity index is 0.000000384. The fourth-order valence-electron chi connectivity index (χ4n) is 4.03. The zero-order valence-electron chi connectivity index (χ0n) is 19.4. The highest BCUT2D eigenvalue weighted by Crippen LogP contribution is 2.38. The number of aryl methyl sites for hydroxylation is 1. The molecule has 0 saturated heterocycles. The Kier molecular flexibility index (Phi) is 6.69. The Bertz CT molecular complexity index is 1390. The standard InChI is InChI=1S/C22H21N5O2.C2HF3O2/c1-25-18(8-10-23-25)16-6-7-19(29-2)21-17(16)14-27(22(21)28)12-9-15-13-26-11-4-3-5-20(26)24-15;3-2(4,5)1(6)7/h3-8,10-11,13H,9,12,14H2,1-2H3;(H,6,7). The number of imidazole rings is 1. The number of rotatable bonds is 5. The molecule has 1 aromatic carbocycles. The third-order valence-corrected chi connectivity index (χ3v) is 5.74. The van der Waals surface area contributed by atoms with E-state index in [2.05, 4.69) is 10.1 Å². The van der Waals surface area contributed by atoms with Crippen molar-refractivity contribution in [2.24, 2.45) is 7.05 Å². The number of carbonyl (C=O) groups excluding carboxylic acids is 1. The number of aromatic nitrogens is 4. The van der Waals surface area contributed by atoms with Gasteiger partial charge in [0.25, 0.3) is 5.91 Å². The van der Waals surface area contributed by atoms with Crippen molar-refractivity contribution in [1.29, 1.82) is 0 Å². The number of aliphatic carboxylic acids is 1. The lowest BCUT2D eigenvalue weighted by Crippen LogP contribution is -2.26. The molecule has 36 heavy (non-hydrogen) atoms. The van der Waals surface area contributed by atoms with Gasteiger partial charge in [0.05, 0.1) is 24.1 Å². The number of benzene rings is 1. The molecule has 12 heteroatoms. The molecule has 1 aliphatic rings. The van der Waals surface area contributed by atoms with E-state index in [1.807, 2.05) is 69.8 Å². The van der Waals surface area contributed by atoms with Gasteiger partial charge in [-0.25, -0.2) is 9.78 Å². The predicted octanol–water partition coefficient (Wildman–Crippen LogP) is 3.58. The highest BCUT2D eigenvalue weighted by molar-refractivity contribution is 6.03. The SMILES string of the molecule is COc1ccc(-c2ccnn2C)c2c1C(=O)N(CCc1cn3ccccc3n1)C2.O=C(O)C(F)(F)F. The van der Waals surface area contributed by atoms with Crippen molar-refractivity contribution in [2.75, 3.05) is 13.7 Å². The molecule has 0 bridgehead atoms. The van der Waals surface area contributed by atoms with Gasteiger partial charge in [0.2, 0.25) is 0 Å². The molecule has 0 aliphatic carbocycles. The molecule has 0 fully saturated rings. The molecule has 5 rings (SSSR count). The zero-order valence-corrected chi connectivity index (χ0v) is 19.4. The number of fused-ring (bicyclic) bond motifs is 2. The fourth-order valence-corrected chi connectivity index (χ4v) is 4.03. The second kappa shape index (κ2) is 9.72. The van der Waals surface area contributed by atoms with Crippen LogP contribution in [0.5, 0.6) is 5.75 Å². The molecule has 1 aliphatic heterocycles. The van der Waals surface area contributed by atoms with Crippen LogP contribution in [-0.2, 0) is 24.8 Å². The van der Waals surface area contributed by atoms with E-state index in [1.165, 1.54) is 0 Å². The second-order valence-electron chi connectivity index (χ2n) is 7.99. The molecule has 9 nitrogen and oxygen atoms in total. The lowest BCUT2D eigenvalue weighted by atomic mass is 10.00. The van der Waals surface area contributed by atoms with Crippen molar-refractivity contribution >= 4 is 17.5 Å². The van der Waals surface area contributed by atoms with Crippen molar-refractivity contribution in [3.63, 3.8) is 0 Å². The highest BCUT2D eigenvalue weighted by atomic mass is 19.4. The first-order valence-electron chi connectivity index (χ1n) is 10.8. The first kappa shape index (κ1) is 24.8. The summed E-state index contributed by atoms with van der Waals surface area (Å²) in [6.45, 7) is 1.16. The van der Waals surface area contributed by atoms with E-state index in [9.17, 15) is 18.0 Å². The number of hydrogen-bond acceptors (Lipinski definition) is 5. The third-order valence-electron chi connectivity index (χ3n) is 5.74. The number of methoxy groups -OCH3 is 1. The van der Waals surface area contributed by atoms with Gasteiger partial charge in [-0.2, -0.15) is 18.3 Å². The minimum Gasteiger partial charge on any atom is -0.496 e. The van der Waals surface area contributed by atoms with Crippen LogP contribution in [0.4, 0.5) is 13.2 Å². The van der Waals surface area contributed by atoms with Crippen LogP contribution < -0.4 is 4.74 Å². The smallest absolute Gasteiger partial charge is 0.490 e. The van der Waals surface area contributed by atoms with E-state index in [0.29, 0.717) is 30.8 Å². The van der Waals surface area contributed by atoms with Gasteiger partial charge in [-0.15, -0.1) is 0 Å². The number of hydrogen-bond donors (Lipinski definition) is 1. The van der Waals surface area contributed by atoms with Crippen LogP contribution in [-0.4, -0.2) is 60.9 Å². The van der Waals surface area contributed by atoms with Gasteiger partial charge in [0.15, 0.2) is 0 Å². The molecule has 4 heterocycles. The molecule has 0 saturated carbocycles. The van der Waals surface area contributed by atoms with Crippen LogP contribution in [0.25, 0.3) is 16.9 Å². The number of ether oxygens (including phenoxy) is 1. The summed E-state index contributed by atoms with van der Waals surface area (Å²) in [5.41, 5.74) is 5.54. The average molecular weight is 501 g/mol. The number of nitrogens with zero attached hydrogens (tertiary/aromatic N) is 5. The monoisotopic (exact) mass is 501 g/mol. The van der Waals surface area contributed by atoms with Crippen molar-refractivity contribution in [3.8, 4) is 17.0 Å². The van der Waals surface area contributed by atoms with Gasteiger partial charge in [0, 0.05) is 50.7 Å². The molecular weight excluding hydrogens is 479 g/mol. The van der Waals surface area contributed by atoms with Crippen LogP contribution in [0.15, 0.2) is 55.0 Å². The summed E-state index contributed by atoms with van der Waals surface area (Å²) in [4.78, 5) is 28.6. The minimum absolute atomic E-state index is 0.00429. The Labute approximate surface area is 203 Å². The Morgan fingerprint density at radius 1 is 1.19 bits per heavy atom. The van der Waals surface area contributed by atoms with E-state index in [-0.39, 0.29) is 5.91 Å². The molecular formula is C24H22F3N5O4. The van der Waals surface area contributed by atoms with E-state index in [4.69, 9.17) is 14.6 Å². The number of halogens is 3. The van der Waals surface area contributed by atoms with Crippen molar-refractivity contribution in [3.05, 3.63) is 71.8 Å². The molecule has 0 radical (unpaired) electrons. The molecule has 0 spiro atoms. The molecule has 1 N–H and O–H groups in total. The number of carboxylic acids is 1. The predicted molar refractivity (Wildman–Crippen MR) is 123 cm³/mol. The van der Waals surface area contributed by atoms with Gasteiger partial charge in [-0.05, 0) is 35.9 Å². The summed E-state index contributed by atoms with van der Waals surface area (Å²) in [6, 6.07) is 11.8. The van der Waals surface area contributed by atoms with Crippen LogP contribution in [0.2, 0.25) is 0 Å². The van der Waals surface area contributed by atoms with Crippen molar-refractivity contribution in [1.82, 2.24) is 24.1 Å². The number of amides is 1. The quantitative estimate of drug-likeness (QED) is 0.449. The summed E-state index contributed by atoms with van der Waals surface area (Å²) in [5, 5.41) is 11.4. The summed E-state index contributed by atoms with van der Waals surface area (Å²) < 4.78 is 41.1. The van der Waals surface area contributed by atoms with Gasteiger partial charge >= 0.3 is 12.1 Å². The maximum absolute atomic E-state index is 13.2. The first-order valence-corrected chi connectivity index (χ1v) is 10.8. The number of carbonyl (C=O) groups is 2. The van der Waals surface area contributed by atoms with E-state index in [1.54, 1.807) is 13.3 Å². The van der Waals surface area contributed by atoms with Crippen molar-refractivity contribution in [2.45, 2.75) is 19.1 Å². The number of alkyl halides is 3. The van der Waals surface area contributed by atoms with Gasteiger partial charge in [-0.3, -0.25) is 9.48 Å². The molecule has 1 amide bonds. The Hall–Kier alpha value is -4.35. The van der Waals surface area contributed by atoms with Crippen LogP contribution in [0, 0.1) is 0 Å². The normalized spacial score (nSPS) is 12.9. The largest absolute Gasteiger partial charge is 0.496 e. The van der Waals surface area contributed by atoms with E-state index >= 15 is 0 Å². The molecule has 188 valence electrons.